The van der Waals surface area contributed by atoms with Crippen LogP contribution in [0.5, 0.6) is 5.75 Å². The van der Waals surface area contributed by atoms with Gasteiger partial charge in [0.05, 0.1) is 17.0 Å². The van der Waals surface area contributed by atoms with Crippen LogP contribution < -0.4 is 9.46 Å². The van der Waals surface area contributed by atoms with Gasteiger partial charge < -0.3 is 4.74 Å². The number of rotatable bonds is 4. The standard InChI is InChI=1S/C14H20ClNO3S/c1-10-5-3-4-6-13(10)16-20(17,18)11-7-8-12(15)14(9-11)19-2/h7-10,13,16H,3-6H2,1-2H3/t10-,13+/m1/s1. The first kappa shape index (κ1) is 15.6. The molecule has 1 N–H and O–H groups in total. The summed E-state index contributed by atoms with van der Waals surface area (Å²) in [6, 6.07) is 4.51. The van der Waals surface area contributed by atoms with Crippen molar-refractivity contribution in [2.24, 2.45) is 5.92 Å². The highest BCUT2D eigenvalue weighted by Crippen LogP contribution is 2.29. The van der Waals surface area contributed by atoms with Crippen LogP contribution in [0.3, 0.4) is 0 Å². The van der Waals surface area contributed by atoms with E-state index >= 15 is 0 Å². The van der Waals surface area contributed by atoms with Gasteiger partial charge in [0.2, 0.25) is 10.0 Å². The van der Waals surface area contributed by atoms with Crippen molar-refractivity contribution < 1.29 is 13.2 Å². The fraction of sp³-hybridized carbons (Fsp3) is 0.571. The van der Waals surface area contributed by atoms with Gasteiger partial charge in [-0.25, -0.2) is 13.1 Å². The van der Waals surface area contributed by atoms with Gasteiger partial charge in [-0.05, 0) is 30.9 Å². The monoisotopic (exact) mass is 317 g/mol. The molecule has 0 amide bonds. The number of sulfonamides is 1. The molecular weight excluding hydrogens is 298 g/mol. The van der Waals surface area contributed by atoms with Gasteiger partial charge in [-0.15, -0.1) is 0 Å². The van der Waals surface area contributed by atoms with Crippen molar-refractivity contribution in [3.63, 3.8) is 0 Å². The van der Waals surface area contributed by atoms with Crippen LogP contribution in [0.2, 0.25) is 5.02 Å². The molecule has 0 heterocycles. The molecular formula is C14H20ClNO3S. The van der Waals surface area contributed by atoms with Gasteiger partial charge in [-0.2, -0.15) is 0 Å². The summed E-state index contributed by atoms with van der Waals surface area (Å²) in [5.74, 6) is 0.735. The van der Waals surface area contributed by atoms with E-state index in [4.69, 9.17) is 16.3 Å². The van der Waals surface area contributed by atoms with Gasteiger partial charge in [0.25, 0.3) is 0 Å². The average molecular weight is 318 g/mol. The molecule has 2 rings (SSSR count). The third-order valence-electron chi connectivity index (χ3n) is 3.85. The molecule has 0 radical (unpaired) electrons. The fourth-order valence-electron chi connectivity index (χ4n) is 2.57. The Labute approximate surface area is 125 Å². The van der Waals surface area contributed by atoms with Crippen molar-refractivity contribution in [1.29, 1.82) is 0 Å². The summed E-state index contributed by atoms with van der Waals surface area (Å²) >= 11 is 5.92. The van der Waals surface area contributed by atoms with Crippen molar-refractivity contribution in [1.82, 2.24) is 4.72 Å². The molecule has 1 aromatic rings. The lowest BCUT2D eigenvalue weighted by Crippen LogP contribution is -2.40. The van der Waals surface area contributed by atoms with E-state index in [1.165, 1.54) is 25.7 Å². The molecule has 1 aliphatic rings. The molecule has 1 aliphatic carbocycles. The highest BCUT2D eigenvalue weighted by molar-refractivity contribution is 7.89. The predicted octanol–water partition coefficient (Wildman–Crippen LogP) is 3.21. The number of hydrogen-bond acceptors (Lipinski definition) is 3. The second kappa shape index (κ2) is 6.33. The first-order chi connectivity index (χ1) is 9.44. The molecule has 1 aromatic carbocycles. The van der Waals surface area contributed by atoms with E-state index in [1.807, 2.05) is 0 Å². The molecule has 20 heavy (non-hydrogen) atoms. The highest BCUT2D eigenvalue weighted by Gasteiger charge is 2.27. The van der Waals surface area contributed by atoms with Gasteiger partial charge >= 0.3 is 0 Å². The third-order valence-corrected chi connectivity index (χ3v) is 5.65. The minimum atomic E-state index is -3.53. The molecule has 112 valence electrons. The van der Waals surface area contributed by atoms with Crippen LogP contribution in [-0.4, -0.2) is 21.6 Å². The Morgan fingerprint density at radius 2 is 2.00 bits per heavy atom. The lowest BCUT2D eigenvalue weighted by atomic mass is 9.87. The number of methoxy groups -OCH3 is 1. The van der Waals surface area contributed by atoms with E-state index in [0.717, 1.165) is 19.3 Å². The summed E-state index contributed by atoms with van der Waals surface area (Å²) in [5, 5.41) is 0.400. The molecule has 0 spiro atoms. The lowest BCUT2D eigenvalue weighted by molar-refractivity contribution is 0.310. The van der Waals surface area contributed by atoms with Gasteiger partial charge in [0.1, 0.15) is 5.75 Å². The lowest BCUT2D eigenvalue weighted by Gasteiger charge is -2.29. The summed E-state index contributed by atoms with van der Waals surface area (Å²) in [7, 11) is -2.06. The molecule has 0 saturated heterocycles. The van der Waals surface area contributed by atoms with Crippen LogP contribution in [0.25, 0.3) is 0 Å². The highest BCUT2D eigenvalue weighted by atomic mass is 35.5. The van der Waals surface area contributed by atoms with Gasteiger partial charge in [0, 0.05) is 12.1 Å². The normalized spacial score (nSPS) is 23.6. The van der Waals surface area contributed by atoms with Crippen LogP contribution in [0.15, 0.2) is 23.1 Å². The van der Waals surface area contributed by atoms with Crippen molar-refractivity contribution in [2.75, 3.05) is 7.11 Å². The molecule has 0 bridgehead atoms. The SMILES string of the molecule is COc1cc(S(=O)(=O)N[C@H]2CCCC[C@H]2C)ccc1Cl. The van der Waals surface area contributed by atoms with Crippen molar-refractivity contribution in [3.05, 3.63) is 23.2 Å². The summed E-state index contributed by atoms with van der Waals surface area (Å²) in [5.41, 5.74) is 0. The minimum Gasteiger partial charge on any atom is -0.495 e. The van der Waals surface area contributed by atoms with Crippen LogP contribution >= 0.6 is 11.6 Å². The van der Waals surface area contributed by atoms with E-state index in [0.29, 0.717) is 16.7 Å². The molecule has 1 fully saturated rings. The Bertz CT molecular complexity index is 574. The van der Waals surface area contributed by atoms with Crippen LogP contribution in [0.1, 0.15) is 32.6 Å². The number of ether oxygens (including phenoxy) is 1. The maximum atomic E-state index is 12.4. The Kier molecular flexibility index (Phi) is 4.94. The maximum Gasteiger partial charge on any atom is 0.240 e. The summed E-state index contributed by atoms with van der Waals surface area (Å²) in [6.45, 7) is 2.09. The largest absolute Gasteiger partial charge is 0.495 e. The van der Waals surface area contributed by atoms with Crippen molar-refractivity contribution in [3.8, 4) is 5.75 Å². The van der Waals surface area contributed by atoms with Gasteiger partial charge in [0.15, 0.2) is 0 Å². The molecule has 0 aromatic heterocycles. The number of benzene rings is 1. The van der Waals surface area contributed by atoms with Crippen molar-refractivity contribution in [2.45, 2.75) is 43.5 Å². The van der Waals surface area contributed by atoms with E-state index in [-0.39, 0.29) is 10.9 Å². The smallest absolute Gasteiger partial charge is 0.240 e. The van der Waals surface area contributed by atoms with Gasteiger partial charge in [-0.3, -0.25) is 0 Å². The topological polar surface area (TPSA) is 55.4 Å². The maximum absolute atomic E-state index is 12.4. The van der Waals surface area contributed by atoms with Gasteiger partial charge in [-0.1, -0.05) is 31.4 Å². The molecule has 6 heteroatoms. The summed E-state index contributed by atoms with van der Waals surface area (Å²) in [4.78, 5) is 0.191. The first-order valence-electron chi connectivity index (χ1n) is 6.80. The fourth-order valence-corrected chi connectivity index (χ4v) is 4.15. The predicted molar refractivity (Wildman–Crippen MR) is 79.7 cm³/mol. The Hall–Kier alpha value is -0.780. The molecule has 2 atom stereocenters. The van der Waals surface area contributed by atoms with E-state index < -0.39 is 10.0 Å². The number of halogens is 1. The van der Waals surface area contributed by atoms with Crippen LogP contribution in [0.4, 0.5) is 0 Å². The second-order valence-corrected chi connectivity index (χ2v) is 7.41. The van der Waals surface area contributed by atoms with E-state index in [9.17, 15) is 8.42 Å². The Balaban J connectivity index is 2.21. The average Bonchev–Trinajstić information content (AvgIpc) is 2.41. The quantitative estimate of drug-likeness (QED) is 0.927. The number of nitrogens with one attached hydrogen (secondary N) is 1. The zero-order valence-electron chi connectivity index (χ0n) is 11.7. The summed E-state index contributed by atoms with van der Waals surface area (Å²) < 4.78 is 32.7. The molecule has 0 unspecified atom stereocenters. The zero-order valence-corrected chi connectivity index (χ0v) is 13.3. The number of hydrogen-bond donors (Lipinski definition) is 1. The van der Waals surface area contributed by atoms with Crippen molar-refractivity contribution >= 4 is 21.6 Å². The molecule has 4 nitrogen and oxygen atoms in total. The van der Waals surface area contributed by atoms with E-state index in [2.05, 4.69) is 11.6 Å². The summed E-state index contributed by atoms with van der Waals surface area (Å²) in [6.07, 6.45) is 4.21. The van der Waals surface area contributed by atoms with Crippen LogP contribution in [0, 0.1) is 5.92 Å². The van der Waals surface area contributed by atoms with Crippen LogP contribution in [-0.2, 0) is 10.0 Å². The molecule has 1 saturated carbocycles. The Morgan fingerprint density at radius 1 is 1.30 bits per heavy atom. The molecule has 0 aliphatic heterocycles. The second-order valence-electron chi connectivity index (χ2n) is 5.29. The first-order valence-corrected chi connectivity index (χ1v) is 8.66. The Morgan fingerprint density at radius 3 is 2.65 bits per heavy atom. The third kappa shape index (κ3) is 3.45. The van der Waals surface area contributed by atoms with E-state index in [1.54, 1.807) is 6.07 Å². The zero-order chi connectivity index (χ0) is 14.8. The minimum absolute atomic E-state index is 0.00965.